The molecule has 36 heavy (non-hydrogen) atoms. The highest BCUT2D eigenvalue weighted by molar-refractivity contribution is 6.02. The fourth-order valence-corrected chi connectivity index (χ4v) is 3.15. The maximum absolute atomic E-state index is 13.5. The topological polar surface area (TPSA) is 71.4 Å². The lowest BCUT2D eigenvalue weighted by Gasteiger charge is -2.36. The van der Waals surface area contributed by atoms with Crippen LogP contribution in [0.4, 0.5) is 26.7 Å². The number of ether oxygens (including phenoxy) is 2. The van der Waals surface area contributed by atoms with Gasteiger partial charge in [0.1, 0.15) is 11.2 Å². The molecule has 0 saturated carbocycles. The second kappa shape index (κ2) is 11.1. The number of hydrogen-bond donors (Lipinski definition) is 0. The van der Waals surface area contributed by atoms with Crippen LogP contribution in [0.3, 0.4) is 0 Å². The van der Waals surface area contributed by atoms with Gasteiger partial charge >= 0.3 is 12.2 Å². The zero-order chi connectivity index (χ0) is 26.3. The van der Waals surface area contributed by atoms with Crippen molar-refractivity contribution in [2.45, 2.75) is 52.7 Å². The number of para-hydroxylation sites is 2. The second-order valence-corrected chi connectivity index (χ2v) is 10.1. The molecule has 3 aromatic rings. The molecule has 0 unspecified atom stereocenters. The first-order chi connectivity index (χ1) is 16.9. The van der Waals surface area contributed by atoms with Gasteiger partial charge in [0.2, 0.25) is 0 Å². The Hall–Kier alpha value is -4.13. The van der Waals surface area contributed by atoms with Gasteiger partial charge in [-0.25, -0.2) is 9.59 Å². The smallest absolute Gasteiger partial charge is 0.434 e. The molecule has 7 heteroatoms. The molecule has 0 heterocycles. The SMILES string of the molecule is CC(C)(C)OC(=O)N(c1ccccc1)N(C(=O)OC(C)(C)C)c1ccc(C=Nc2ccccc2)cc1. The first-order valence-electron chi connectivity index (χ1n) is 11.7. The summed E-state index contributed by atoms with van der Waals surface area (Å²) in [4.78, 5) is 31.3. The van der Waals surface area contributed by atoms with Crippen molar-refractivity contribution in [2.24, 2.45) is 4.99 Å². The largest absolute Gasteiger partial charge is 0.442 e. The van der Waals surface area contributed by atoms with E-state index in [0.717, 1.165) is 11.3 Å². The summed E-state index contributed by atoms with van der Waals surface area (Å²) in [5.41, 5.74) is 0.977. The summed E-state index contributed by atoms with van der Waals surface area (Å²) in [6, 6.07) is 25.5. The van der Waals surface area contributed by atoms with E-state index in [-0.39, 0.29) is 0 Å². The maximum Gasteiger partial charge on any atom is 0.434 e. The van der Waals surface area contributed by atoms with E-state index in [1.165, 1.54) is 10.0 Å². The number of anilines is 2. The van der Waals surface area contributed by atoms with Crippen molar-refractivity contribution in [3.63, 3.8) is 0 Å². The molecule has 188 valence electrons. The number of hydrogen-bond acceptors (Lipinski definition) is 5. The number of carbonyl (C=O) groups excluding carboxylic acids is 2. The number of benzene rings is 3. The molecule has 0 bridgehead atoms. The van der Waals surface area contributed by atoms with Crippen molar-refractivity contribution in [3.05, 3.63) is 90.5 Å². The van der Waals surface area contributed by atoms with Crippen molar-refractivity contribution in [2.75, 3.05) is 10.0 Å². The molecular formula is C29H33N3O4. The zero-order valence-electron chi connectivity index (χ0n) is 21.6. The van der Waals surface area contributed by atoms with Gasteiger partial charge in [-0.15, -0.1) is 0 Å². The Balaban J connectivity index is 2.03. The molecule has 0 aromatic heterocycles. The number of nitrogens with zero attached hydrogens (tertiary/aromatic N) is 3. The lowest BCUT2D eigenvalue weighted by molar-refractivity contribution is 0.0479. The van der Waals surface area contributed by atoms with E-state index >= 15 is 0 Å². The van der Waals surface area contributed by atoms with Crippen LogP contribution in [0.15, 0.2) is 89.9 Å². The predicted molar refractivity (Wildman–Crippen MR) is 144 cm³/mol. The number of amides is 2. The molecule has 0 spiro atoms. The summed E-state index contributed by atoms with van der Waals surface area (Å²) in [7, 11) is 0. The Labute approximate surface area is 212 Å². The van der Waals surface area contributed by atoms with Crippen molar-refractivity contribution in [3.8, 4) is 0 Å². The van der Waals surface area contributed by atoms with Crippen LogP contribution >= 0.6 is 0 Å². The van der Waals surface area contributed by atoms with Crippen molar-refractivity contribution in [1.29, 1.82) is 0 Å². The van der Waals surface area contributed by atoms with E-state index in [2.05, 4.69) is 4.99 Å². The average Bonchev–Trinajstić information content (AvgIpc) is 2.80. The lowest BCUT2D eigenvalue weighted by Crippen LogP contribution is -2.53. The second-order valence-electron chi connectivity index (χ2n) is 10.1. The van der Waals surface area contributed by atoms with Gasteiger partial charge < -0.3 is 9.47 Å². The van der Waals surface area contributed by atoms with Gasteiger partial charge in [0.15, 0.2) is 0 Å². The number of rotatable bonds is 4. The summed E-state index contributed by atoms with van der Waals surface area (Å²) in [6.07, 6.45) is 0.303. The van der Waals surface area contributed by atoms with E-state index in [0.29, 0.717) is 11.4 Å². The first-order valence-corrected chi connectivity index (χ1v) is 11.7. The standard InChI is InChI=1S/C29H33N3O4/c1-28(2,3)35-26(33)31(24-15-11-8-12-16-24)32(27(34)36-29(4,5)6)25-19-17-22(18-20-25)21-30-23-13-9-7-10-14-23/h7-21H,1-6H3. The Bertz CT molecular complexity index is 1180. The van der Waals surface area contributed by atoms with Crippen LogP contribution in [0.2, 0.25) is 0 Å². The van der Waals surface area contributed by atoms with E-state index in [4.69, 9.17) is 9.47 Å². The van der Waals surface area contributed by atoms with Crippen LogP contribution in [-0.4, -0.2) is 29.6 Å². The minimum Gasteiger partial charge on any atom is -0.442 e. The molecule has 3 aromatic carbocycles. The third-order valence-corrected chi connectivity index (χ3v) is 4.59. The van der Waals surface area contributed by atoms with Crippen molar-refractivity contribution >= 4 is 35.5 Å². The molecular weight excluding hydrogens is 454 g/mol. The molecule has 2 amide bonds. The normalized spacial score (nSPS) is 11.7. The summed E-state index contributed by atoms with van der Waals surface area (Å²) in [5.74, 6) is 0. The molecule has 0 aliphatic heterocycles. The summed E-state index contributed by atoms with van der Waals surface area (Å²) >= 11 is 0. The Kier molecular flexibility index (Phi) is 8.14. The minimum atomic E-state index is -0.784. The Morgan fingerprint density at radius 1 is 0.639 bits per heavy atom. The first kappa shape index (κ1) is 26.5. The molecule has 0 fully saturated rings. The van der Waals surface area contributed by atoms with Gasteiger partial charge in [0.05, 0.1) is 17.1 Å². The molecule has 0 radical (unpaired) electrons. The fourth-order valence-electron chi connectivity index (χ4n) is 3.15. The van der Waals surface area contributed by atoms with E-state index in [9.17, 15) is 9.59 Å². The fraction of sp³-hybridized carbons (Fsp3) is 0.276. The van der Waals surface area contributed by atoms with Crippen molar-refractivity contribution < 1.29 is 19.1 Å². The van der Waals surface area contributed by atoms with E-state index < -0.39 is 23.4 Å². The van der Waals surface area contributed by atoms with Crippen LogP contribution in [0.1, 0.15) is 47.1 Å². The van der Waals surface area contributed by atoms with E-state index in [1.807, 2.05) is 48.5 Å². The molecule has 3 rings (SSSR count). The van der Waals surface area contributed by atoms with Crippen LogP contribution < -0.4 is 10.0 Å². The molecule has 0 aliphatic carbocycles. The van der Waals surface area contributed by atoms with Gasteiger partial charge in [-0.2, -0.15) is 10.0 Å². The van der Waals surface area contributed by atoms with Gasteiger partial charge in [-0.05, 0) is 83.5 Å². The molecule has 0 saturated heterocycles. The third kappa shape index (κ3) is 7.70. The van der Waals surface area contributed by atoms with Gasteiger partial charge in [0.25, 0.3) is 0 Å². The highest BCUT2D eigenvalue weighted by Crippen LogP contribution is 2.27. The highest BCUT2D eigenvalue weighted by Gasteiger charge is 2.35. The highest BCUT2D eigenvalue weighted by atomic mass is 16.6. The Morgan fingerprint density at radius 2 is 1.06 bits per heavy atom. The van der Waals surface area contributed by atoms with Gasteiger partial charge in [0, 0.05) is 6.21 Å². The lowest BCUT2D eigenvalue weighted by atomic mass is 10.2. The quantitative estimate of drug-likeness (QED) is 0.282. The summed E-state index contributed by atoms with van der Waals surface area (Å²) < 4.78 is 11.3. The molecule has 0 N–H and O–H groups in total. The monoisotopic (exact) mass is 487 g/mol. The van der Waals surface area contributed by atoms with Crippen molar-refractivity contribution in [1.82, 2.24) is 0 Å². The van der Waals surface area contributed by atoms with Crippen LogP contribution in [0, 0.1) is 0 Å². The average molecular weight is 488 g/mol. The molecule has 0 atom stereocenters. The third-order valence-electron chi connectivity index (χ3n) is 4.59. The number of carbonyl (C=O) groups is 2. The van der Waals surface area contributed by atoms with Crippen LogP contribution in [0.25, 0.3) is 0 Å². The number of aliphatic imine (C=N–C) groups is 1. The van der Waals surface area contributed by atoms with Gasteiger partial charge in [-0.3, -0.25) is 4.99 Å². The zero-order valence-corrected chi connectivity index (χ0v) is 21.6. The Morgan fingerprint density at radius 3 is 1.50 bits per heavy atom. The number of hydrazine groups is 1. The molecule has 7 nitrogen and oxygen atoms in total. The minimum absolute atomic E-state index is 0.427. The van der Waals surface area contributed by atoms with Crippen LogP contribution in [-0.2, 0) is 9.47 Å². The van der Waals surface area contributed by atoms with E-state index in [1.54, 1.807) is 84.2 Å². The summed E-state index contributed by atoms with van der Waals surface area (Å²) in [6.45, 7) is 10.6. The molecule has 0 aliphatic rings. The van der Waals surface area contributed by atoms with Gasteiger partial charge in [-0.1, -0.05) is 48.5 Å². The predicted octanol–water partition coefficient (Wildman–Crippen LogP) is 7.54. The summed E-state index contributed by atoms with van der Waals surface area (Å²) in [5, 5.41) is 2.37. The van der Waals surface area contributed by atoms with Crippen LogP contribution in [0.5, 0.6) is 0 Å². The maximum atomic E-state index is 13.5.